The molecule has 1 saturated carbocycles. The second-order valence-corrected chi connectivity index (χ2v) is 6.34. The van der Waals surface area contributed by atoms with Crippen molar-refractivity contribution in [3.05, 3.63) is 0 Å². The van der Waals surface area contributed by atoms with Gasteiger partial charge in [-0.1, -0.05) is 6.92 Å². The summed E-state index contributed by atoms with van der Waals surface area (Å²) in [6.45, 7) is 4.13. The summed E-state index contributed by atoms with van der Waals surface area (Å²) in [5.74, 6) is 2.28. The van der Waals surface area contributed by atoms with Crippen molar-refractivity contribution in [2.45, 2.75) is 38.1 Å². The molecule has 0 atom stereocenters. The van der Waals surface area contributed by atoms with E-state index in [1.807, 2.05) is 11.8 Å². The average Bonchev–Trinajstić information content (AvgIpc) is 2.31. The van der Waals surface area contributed by atoms with Crippen LogP contribution in [0.5, 0.6) is 0 Å². The summed E-state index contributed by atoms with van der Waals surface area (Å²) in [5, 5.41) is 9.58. The lowest BCUT2D eigenvalue weighted by Gasteiger charge is -2.45. The summed E-state index contributed by atoms with van der Waals surface area (Å²) in [6, 6.07) is 0. The van der Waals surface area contributed by atoms with Crippen molar-refractivity contribution in [3.8, 4) is 0 Å². The summed E-state index contributed by atoms with van der Waals surface area (Å²) < 4.78 is 0. The minimum absolute atomic E-state index is 0.534. The summed E-state index contributed by atoms with van der Waals surface area (Å²) in [6.07, 6.45) is 3.81. The van der Waals surface area contributed by atoms with Crippen LogP contribution in [0.3, 0.4) is 0 Å². The molecule has 0 aromatic carbocycles. The summed E-state index contributed by atoms with van der Waals surface area (Å²) >= 11 is 1.94. The molecule has 3 nitrogen and oxygen atoms in total. The zero-order valence-corrected chi connectivity index (χ0v) is 10.8. The highest BCUT2D eigenvalue weighted by Gasteiger charge is 2.46. The van der Waals surface area contributed by atoms with E-state index in [1.165, 1.54) is 0 Å². The SMILES string of the molecule is CC1CCC(C(=O)O)(N2CCSCC2)CC1. The van der Waals surface area contributed by atoms with Gasteiger partial charge in [-0.2, -0.15) is 11.8 Å². The van der Waals surface area contributed by atoms with Crippen LogP contribution in [0.2, 0.25) is 0 Å². The smallest absolute Gasteiger partial charge is 0.324 e. The van der Waals surface area contributed by atoms with Crippen LogP contribution in [-0.2, 0) is 4.79 Å². The van der Waals surface area contributed by atoms with E-state index in [2.05, 4.69) is 11.8 Å². The predicted molar refractivity (Wildman–Crippen MR) is 66.9 cm³/mol. The van der Waals surface area contributed by atoms with Crippen LogP contribution >= 0.6 is 11.8 Å². The Morgan fingerprint density at radius 3 is 2.38 bits per heavy atom. The van der Waals surface area contributed by atoms with E-state index in [-0.39, 0.29) is 0 Å². The van der Waals surface area contributed by atoms with E-state index in [0.29, 0.717) is 5.92 Å². The van der Waals surface area contributed by atoms with Crippen LogP contribution in [0.25, 0.3) is 0 Å². The van der Waals surface area contributed by atoms with Gasteiger partial charge in [-0.25, -0.2) is 0 Å². The lowest BCUT2D eigenvalue weighted by atomic mass is 9.76. The van der Waals surface area contributed by atoms with Gasteiger partial charge < -0.3 is 5.11 Å². The van der Waals surface area contributed by atoms with Crippen LogP contribution in [-0.4, -0.2) is 46.1 Å². The third-order valence-electron chi connectivity index (χ3n) is 4.12. The minimum Gasteiger partial charge on any atom is -0.480 e. The first-order chi connectivity index (χ1) is 7.65. The lowest BCUT2D eigenvalue weighted by molar-refractivity contribution is -0.154. The Kier molecular flexibility index (Phi) is 3.80. The van der Waals surface area contributed by atoms with Gasteiger partial charge in [0, 0.05) is 24.6 Å². The number of nitrogens with zero attached hydrogens (tertiary/aromatic N) is 1. The van der Waals surface area contributed by atoms with Crippen LogP contribution < -0.4 is 0 Å². The molecule has 1 N–H and O–H groups in total. The Labute approximate surface area is 102 Å². The van der Waals surface area contributed by atoms with Gasteiger partial charge in [0.25, 0.3) is 0 Å². The number of rotatable bonds is 2. The Bertz CT molecular complexity index is 256. The molecule has 92 valence electrons. The molecule has 0 bridgehead atoms. The molecule has 1 saturated heterocycles. The topological polar surface area (TPSA) is 40.5 Å². The molecule has 0 unspecified atom stereocenters. The highest BCUT2D eigenvalue weighted by Crippen LogP contribution is 2.37. The maximum atomic E-state index is 11.6. The van der Waals surface area contributed by atoms with Gasteiger partial charge in [-0.3, -0.25) is 9.69 Å². The fourth-order valence-electron chi connectivity index (χ4n) is 2.90. The molecule has 0 amide bonds. The zero-order valence-electron chi connectivity index (χ0n) is 9.95. The molecule has 2 rings (SSSR count). The molecule has 2 aliphatic rings. The first-order valence-electron chi connectivity index (χ1n) is 6.21. The molecule has 1 aliphatic carbocycles. The van der Waals surface area contributed by atoms with Crippen LogP contribution in [0, 0.1) is 5.92 Å². The second-order valence-electron chi connectivity index (χ2n) is 5.12. The molecule has 0 aromatic rings. The Morgan fingerprint density at radius 1 is 1.31 bits per heavy atom. The normalized spacial score (nSPS) is 37.2. The first kappa shape index (κ1) is 12.2. The maximum Gasteiger partial charge on any atom is 0.324 e. The van der Waals surface area contributed by atoms with Crippen molar-refractivity contribution in [3.63, 3.8) is 0 Å². The molecular weight excluding hydrogens is 222 g/mol. The molecule has 2 fully saturated rings. The average molecular weight is 243 g/mol. The molecule has 1 heterocycles. The molecule has 0 aromatic heterocycles. The summed E-state index contributed by atoms with van der Waals surface area (Å²) in [4.78, 5) is 13.9. The first-order valence-corrected chi connectivity index (χ1v) is 7.37. The molecule has 1 aliphatic heterocycles. The fourth-order valence-corrected chi connectivity index (χ4v) is 3.80. The Balaban J connectivity index is 2.11. The van der Waals surface area contributed by atoms with Crippen LogP contribution in [0.15, 0.2) is 0 Å². The van der Waals surface area contributed by atoms with E-state index in [9.17, 15) is 9.90 Å². The van der Waals surface area contributed by atoms with Gasteiger partial charge in [0.2, 0.25) is 0 Å². The fraction of sp³-hybridized carbons (Fsp3) is 0.917. The number of carbonyl (C=O) groups is 1. The van der Waals surface area contributed by atoms with Gasteiger partial charge in [0.1, 0.15) is 5.54 Å². The van der Waals surface area contributed by atoms with E-state index in [0.717, 1.165) is 50.3 Å². The highest BCUT2D eigenvalue weighted by molar-refractivity contribution is 7.99. The van der Waals surface area contributed by atoms with E-state index < -0.39 is 11.5 Å². The van der Waals surface area contributed by atoms with Crippen LogP contribution in [0.1, 0.15) is 32.6 Å². The number of carboxylic acid groups (broad SMARTS) is 1. The number of hydrogen-bond donors (Lipinski definition) is 1. The van der Waals surface area contributed by atoms with Gasteiger partial charge >= 0.3 is 5.97 Å². The standard InChI is InChI=1S/C12H21NO2S/c1-10-2-4-12(5-3-10,11(14)15)13-6-8-16-9-7-13/h10H,2-9H2,1H3,(H,14,15). The summed E-state index contributed by atoms with van der Waals surface area (Å²) in [5.41, 5.74) is -0.534. The van der Waals surface area contributed by atoms with Gasteiger partial charge in [0.05, 0.1) is 0 Å². The Morgan fingerprint density at radius 2 is 1.88 bits per heavy atom. The summed E-state index contributed by atoms with van der Waals surface area (Å²) in [7, 11) is 0. The van der Waals surface area contributed by atoms with Gasteiger partial charge in [0.15, 0.2) is 0 Å². The van der Waals surface area contributed by atoms with Crippen LogP contribution in [0.4, 0.5) is 0 Å². The quantitative estimate of drug-likeness (QED) is 0.806. The highest BCUT2D eigenvalue weighted by atomic mass is 32.2. The minimum atomic E-state index is -0.591. The second kappa shape index (κ2) is 4.96. The van der Waals surface area contributed by atoms with Gasteiger partial charge in [-0.15, -0.1) is 0 Å². The number of carboxylic acids is 1. The molecule has 16 heavy (non-hydrogen) atoms. The van der Waals surface area contributed by atoms with Crippen molar-refractivity contribution in [2.24, 2.45) is 5.92 Å². The number of thioether (sulfide) groups is 1. The molecular formula is C12H21NO2S. The lowest BCUT2D eigenvalue weighted by Crippen LogP contribution is -2.58. The monoisotopic (exact) mass is 243 g/mol. The molecule has 0 radical (unpaired) electrons. The van der Waals surface area contributed by atoms with Gasteiger partial charge in [-0.05, 0) is 31.6 Å². The maximum absolute atomic E-state index is 11.6. The molecule has 0 spiro atoms. The third-order valence-corrected chi connectivity index (χ3v) is 5.06. The van der Waals surface area contributed by atoms with Crippen molar-refractivity contribution in [1.82, 2.24) is 4.90 Å². The zero-order chi connectivity index (χ0) is 11.6. The number of hydrogen-bond acceptors (Lipinski definition) is 3. The van der Waals surface area contributed by atoms with Crippen molar-refractivity contribution in [1.29, 1.82) is 0 Å². The third kappa shape index (κ3) is 2.23. The van der Waals surface area contributed by atoms with E-state index in [1.54, 1.807) is 0 Å². The predicted octanol–water partition coefficient (Wildman–Crippen LogP) is 2.07. The van der Waals surface area contributed by atoms with E-state index >= 15 is 0 Å². The van der Waals surface area contributed by atoms with Crippen molar-refractivity contribution < 1.29 is 9.90 Å². The Hall–Kier alpha value is -0.220. The largest absolute Gasteiger partial charge is 0.480 e. The van der Waals surface area contributed by atoms with Crippen molar-refractivity contribution >= 4 is 17.7 Å². The molecule has 4 heteroatoms. The number of aliphatic carboxylic acids is 1. The van der Waals surface area contributed by atoms with E-state index in [4.69, 9.17) is 0 Å². The van der Waals surface area contributed by atoms with Crippen molar-refractivity contribution in [2.75, 3.05) is 24.6 Å².